The minimum atomic E-state index is -0.0828. The van der Waals surface area contributed by atoms with Gasteiger partial charge in [-0.2, -0.15) is 0 Å². The van der Waals surface area contributed by atoms with Gasteiger partial charge in [0.1, 0.15) is 12.4 Å². The average molecular weight is 453 g/mol. The van der Waals surface area contributed by atoms with Gasteiger partial charge in [0, 0.05) is 24.3 Å². The molecule has 2 aromatic carbocycles. The van der Waals surface area contributed by atoms with E-state index >= 15 is 0 Å². The van der Waals surface area contributed by atoms with Gasteiger partial charge >= 0.3 is 0 Å². The summed E-state index contributed by atoms with van der Waals surface area (Å²) in [5, 5.41) is 0.469. The summed E-state index contributed by atoms with van der Waals surface area (Å²) in [6, 6.07) is 11.8. The molecule has 0 bridgehead atoms. The fourth-order valence-electron chi connectivity index (χ4n) is 3.69. The van der Waals surface area contributed by atoms with Gasteiger partial charge in [-0.25, -0.2) is 4.98 Å². The van der Waals surface area contributed by atoms with E-state index in [0.717, 1.165) is 11.1 Å². The molecule has 4 rings (SSSR count). The van der Waals surface area contributed by atoms with Crippen LogP contribution in [0.2, 0.25) is 0 Å². The first-order valence-electron chi connectivity index (χ1n) is 10.4. The normalized spacial score (nSPS) is 13.9. The van der Waals surface area contributed by atoms with Crippen molar-refractivity contribution < 1.29 is 18.7 Å². The summed E-state index contributed by atoms with van der Waals surface area (Å²) >= 11 is 6.82. The molecule has 6 nitrogen and oxygen atoms in total. The van der Waals surface area contributed by atoms with Crippen LogP contribution in [0.25, 0.3) is 10.6 Å². The Kier molecular flexibility index (Phi) is 6.63. The van der Waals surface area contributed by atoms with Crippen molar-refractivity contribution in [3.63, 3.8) is 0 Å². The van der Waals surface area contributed by atoms with E-state index in [2.05, 4.69) is 31.0 Å². The number of carbonyl (C=O) groups is 1. The Hall–Kier alpha value is -3.09. The number of ether oxygens (including phenoxy) is 2. The van der Waals surface area contributed by atoms with Crippen LogP contribution in [0.5, 0.6) is 5.75 Å². The number of nitrogens with zero attached hydrogens (tertiary/aromatic N) is 2. The molecule has 0 aliphatic carbocycles. The van der Waals surface area contributed by atoms with Gasteiger partial charge in [0.25, 0.3) is 0 Å². The predicted octanol–water partition coefficient (Wildman–Crippen LogP) is 5.36. The van der Waals surface area contributed by atoms with E-state index in [9.17, 15) is 4.79 Å². The van der Waals surface area contributed by atoms with Crippen molar-refractivity contribution in [3.05, 3.63) is 77.0 Å². The number of amides is 1. The van der Waals surface area contributed by atoms with Crippen LogP contribution in [0.3, 0.4) is 0 Å². The Morgan fingerprint density at radius 2 is 1.97 bits per heavy atom. The first-order chi connectivity index (χ1) is 15.5. The molecule has 0 N–H and O–H groups in total. The number of methoxy groups -OCH3 is 1. The summed E-state index contributed by atoms with van der Waals surface area (Å²) < 4.78 is 16.3. The quantitative estimate of drug-likeness (QED) is 0.451. The highest BCUT2D eigenvalue weighted by Crippen LogP contribution is 2.42. The number of hydrogen-bond donors (Lipinski definition) is 0. The molecule has 166 valence electrons. The maximum Gasteiger partial charge on any atom is 0.231 e. The van der Waals surface area contributed by atoms with E-state index in [0.29, 0.717) is 47.6 Å². The predicted molar refractivity (Wildman–Crippen MR) is 125 cm³/mol. The Labute approximate surface area is 192 Å². The summed E-state index contributed by atoms with van der Waals surface area (Å²) in [6.45, 7) is 5.44. The lowest BCUT2D eigenvalue weighted by molar-refractivity contribution is -0.117. The summed E-state index contributed by atoms with van der Waals surface area (Å²) in [5.74, 6) is 1.05. The van der Waals surface area contributed by atoms with Crippen LogP contribution < -0.4 is 9.64 Å². The summed E-state index contributed by atoms with van der Waals surface area (Å²) in [5.41, 5.74) is 5.49. The third-order valence-electron chi connectivity index (χ3n) is 5.59. The standard InChI is InChI=1S/C25H25ClN2O4/c1-16-4-5-18(10-17(16)2)14-28-22-11-19(31-9-8-30-3)6-7-20(22)25(26)21(12-24(28)29)23-13-27-15-32-23/h4-7,10-11,13,15H,8-9,12,14H2,1-3H3. The van der Waals surface area contributed by atoms with Gasteiger partial charge in [-0.1, -0.05) is 29.8 Å². The number of carbonyl (C=O) groups excluding carboxylic acids is 1. The molecule has 0 saturated heterocycles. The smallest absolute Gasteiger partial charge is 0.231 e. The summed E-state index contributed by atoms with van der Waals surface area (Å²) in [7, 11) is 1.62. The fraction of sp³-hybridized carbons (Fsp3) is 0.280. The molecular weight excluding hydrogens is 428 g/mol. The largest absolute Gasteiger partial charge is 0.491 e. The van der Waals surface area contributed by atoms with E-state index in [1.165, 1.54) is 17.5 Å². The summed E-state index contributed by atoms with van der Waals surface area (Å²) in [4.78, 5) is 19.2. The lowest BCUT2D eigenvalue weighted by Crippen LogP contribution is -2.30. The van der Waals surface area contributed by atoms with Crippen LogP contribution in [0.15, 0.2) is 53.4 Å². The van der Waals surface area contributed by atoms with Crippen molar-refractivity contribution in [2.24, 2.45) is 0 Å². The molecule has 1 aliphatic heterocycles. The molecule has 1 amide bonds. The van der Waals surface area contributed by atoms with E-state index in [4.69, 9.17) is 25.5 Å². The summed E-state index contributed by atoms with van der Waals surface area (Å²) in [6.07, 6.45) is 3.02. The van der Waals surface area contributed by atoms with Gasteiger partial charge in [0.2, 0.25) is 5.91 Å². The monoisotopic (exact) mass is 452 g/mol. The average Bonchev–Trinajstić information content (AvgIpc) is 3.29. The van der Waals surface area contributed by atoms with Gasteiger partial charge < -0.3 is 18.8 Å². The zero-order valence-corrected chi connectivity index (χ0v) is 19.1. The minimum absolute atomic E-state index is 0.0828. The van der Waals surface area contributed by atoms with Crippen LogP contribution in [0, 0.1) is 13.8 Å². The molecule has 1 aromatic heterocycles. The van der Waals surface area contributed by atoms with Crippen molar-refractivity contribution in [1.29, 1.82) is 0 Å². The van der Waals surface area contributed by atoms with E-state index in [-0.39, 0.29) is 12.3 Å². The number of hydrogen-bond acceptors (Lipinski definition) is 5. The Morgan fingerprint density at radius 3 is 2.69 bits per heavy atom. The number of anilines is 1. The molecule has 32 heavy (non-hydrogen) atoms. The van der Waals surface area contributed by atoms with E-state index < -0.39 is 0 Å². The topological polar surface area (TPSA) is 64.8 Å². The third-order valence-corrected chi connectivity index (χ3v) is 6.02. The van der Waals surface area contributed by atoms with Gasteiger partial charge in [-0.05, 0) is 42.7 Å². The molecular formula is C25H25ClN2O4. The van der Waals surface area contributed by atoms with Crippen molar-refractivity contribution in [1.82, 2.24) is 4.98 Å². The van der Waals surface area contributed by atoms with Gasteiger partial charge in [-0.3, -0.25) is 4.79 Å². The van der Waals surface area contributed by atoms with Crippen molar-refractivity contribution in [2.45, 2.75) is 26.8 Å². The highest BCUT2D eigenvalue weighted by atomic mass is 35.5. The highest BCUT2D eigenvalue weighted by molar-refractivity contribution is 6.53. The van der Waals surface area contributed by atoms with Crippen LogP contribution in [-0.2, 0) is 16.1 Å². The van der Waals surface area contributed by atoms with Crippen molar-refractivity contribution >= 4 is 33.8 Å². The second-order valence-corrected chi connectivity index (χ2v) is 8.13. The first-order valence-corrected chi connectivity index (χ1v) is 10.8. The molecule has 1 aliphatic rings. The van der Waals surface area contributed by atoms with Gasteiger partial charge in [0.05, 0.1) is 36.5 Å². The molecule has 0 unspecified atom stereocenters. The van der Waals surface area contributed by atoms with E-state index in [1.54, 1.807) is 18.2 Å². The maximum atomic E-state index is 13.5. The molecule has 2 heterocycles. The van der Waals surface area contributed by atoms with Crippen molar-refractivity contribution in [3.8, 4) is 5.75 Å². The number of aromatic nitrogens is 1. The second-order valence-electron chi connectivity index (χ2n) is 7.75. The SMILES string of the molecule is COCCOc1ccc2c(c1)N(Cc1ccc(C)c(C)c1)C(=O)CC(c1cnco1)=C2Cl. The number of halogens is 1. The lowest BCUT2D eigenvalue weighted by Gasteiger charge is -2.24. The Morgan fingerprint density at radius 1 is 1.12 bits per heavy atom. The van der Waals surface area contributed by atoms with Crippen molar-refractivity contribution in [2.75, 3.05) is 25.2 Å². The van der Waals surface area contributed by atoms with Gasteiger partial charge in [-0.15, -0.1) is 0 Å². The molecule has 0 radical (unpaired) electrons. The van der Waals surface area contributed by atoms with Crippen LogP contribution in [0.4, 0.5) is 5.69 Å². The zero-order valence-electron chi connectivity index (χ0n) is 18.4. The first kappa shape index (κ1) is 22.1. The molecule has 0 spiro atoms. The lowest BCUT2D eigenvalue weighted by atomic mass is 10.1. The van der Waals surface area contributed by atoms with Gasteiger partial charge in [0.15, 0.2) is 12.2 Å². The number of aryl methyl sites for hydroxylation is 2. The number of rotatable bonds is 7. The minimum Gasteiger partial charge on any atom is -0.491 e. The number of fused-ring (bicyclic) bond motifs is 1. The molecule has 0 fully saturated rings. The number of benzene rings is 2. The molecule has 0 atom stereocenters. The zero-order chi connectivity index (χ0) is 22.7. The fourth-order valence-corrected chi connectivity index (χ4v) is 4.01. The second kappa shape index (κ2) is 9.59. The molecule has 3 aromatic rings. The van der Waals surface area contributed by atoms with Crippen LogP contribution in [0.1, 0.15) is 34.4 Å². The Bertz CT molecular complexity index is 1150. The highest BCUT2D eigenvalue weighted by Gasteiger charge is 2.29. The Balaban J connectivity index is 1.78. The molecule has 0 saturated carbocycles. The van der Waals surface area contributed by atoms with Crippen LogP contribution >= 0.6 is 11.6 Å². The molecule has 7 heteroatoms. The van der Waals surface area contributed by atoms with E-state index in [1.807, 2.05) is 24.3 Å². The number of oxazole rings is 1. The van der Waals surface area contributed by atoms with Crippen LogP contribution in [-0.4, -0.2) is 31.2 Å². The third kappa shape index (κ3) is 4.56. The maximum absolute atomic E-state index is 13.5.